The molecule has 0 fully saturated rings. The fraction of sp³-hybridized carbons (Fsp3) is 0.120. The van der Waals surface area contributed by atoms with Crippen molar-refractivity contribution in [1.82, 2.24) is 14.7 Å². The van der Waals surface area contributed by atoms with Gasteiger partial charge in [-0.15, -0.1) is 0 Å². The Morgan fingerprint density at radius 2 is 2.00 bits per heavy atom. The molecule has 0 saturated heterocycles. The van der Waals surface area contributed by atoms with Crippen LogP contribution in [-0.2, 0) is 11.3 Å². The van der Waals surface area contributed by atoms with E-state index in [0.29, 0.717) is 17.2 Å². The van der Waals surface area contributed by atoms with E-state index in [9.17, 15) is 14.9 Å². The van der Waals surface area contributed by atoms with Gasteiger partial charge in [0.25, 0.3) is 11.5 Å². The summed E-state index contributed by atoms with van der Waals surface area (Å²) in [5, 5.41) is 12.2. The molecule has 4 aromatic rings. The molecule has 8 nitrogen and oxygen atoms in total. The molecule has 3 heterocycles. The third kappa shape index (κ3) is 4.67. The fourth-order valence-corrected chi connectivity index (χ4v) is 3.18. The van der Waals surface area contributed by atoms with Crippen LogP contribution in [0.2, 0.25) is 0 Å². The van der Waals surface area contributed by atoms with Crippen molar-refractivity contribution in [2.45, 2.75) is 20.4 Å². The van der Waals surface area contributed by atoms with Gasteiger partial charge < -0.3 is 14.5 Å². The van der Waals surface area contributed by atoms with Crippen LogP contribution >= 0.6 is 0 Å². The predicted molar refractivity (Wildman–Crippen MR) is 122 cm³/mol. The molecule has 0 bridgehead atoms. The van der Waals surface area contributed by atoms with Gasteiger partial charge in [0, 0.05) is 6.20 Å². The maximum atomic E-state index is 13.3. The average molecular weight is 440 g/mol. The third-order valence-electron chi connectivity index (χ3n) is 4.94. The highest BCUT2D eigenvalue weighted by Crippen LogP contribution is 2.25. The van der Waals surface area contributed by atoms with Crippen molar-refractivity contribution in [3.05, 3.63) is 99.4 Å². The molecule has 1 amide bonds. The smallest absolute Gasteiger partial charge is 0.269 e. The van der Waals surface area contributed by atoms with Gasteiger partial charge in [-0.2, -0.15) is 10.2 Å². The third-order valence-corrected chi connectivity index (χ3v) is 4.94. The van der Waals surface area contributed by atoms with Gasteiger partial charge in [-0.3, -0.25) is 14.0 Å². The summed E-state index contributed by atoms with van der Waals surface area (Å²) in [6.45, 7) is 3.88. The minimum atomic E-state index is -0.649. The number of benzene rings is 1. The van der Waals surface area contributed by atoms with Crippen LogP contribution in [0.5, 0.6) is 11.6 Å². The molecule has 0 aliphatic rings. The Bertz CT molecular complexity index is 1440. The van der Waals surface area contributed by atoms with Gasteiger partial charge in [0.1, 0.15) is 34.4 Å². The Labute approximate surface area is 189 Å². The molecular formula is C25H20N4O4. The molecule has 33 heavy (non-hydrogen) atoms. The van der Waals surface area contributed by atoms with Gasteiger partial charge in [0.2, 0.25) is 5.88 Å². The first-order chi connectivity index (χ1) is 16.0. The number of aromatic nitrogens is 2. The second kappa shape index (κ2) is 9.24. The quantitative estimate of drug-likeness (QED) is 0.359. The van der Waals surface area contributed by atoms with Gasteiger partial charge in [-0.05, 0) is 55.8 Å². The summed E-state index contributed by atoms with van der Waals surface area (Å²) in [6, 6.07) is 16.0. The lowest BCUT2D eigenvalue weighted by atomic mass is 10.1. The number of carbonyl (C=O) groups is 1. The second-order valence-electron chi connectivity index (χ2n) is 7.37. The molecule has 4 rings (SSSR count). The molecule has 1 aromatic carbocycles. The standard InChI is InChI=1S/C25H20N4O4/c1-16-7-9-19(10-8-16)33-24-21(25(31)29-11-3-5-17(2)22(29)28-24)13-18(14-26)23(30)27-15-20-6-4-12-32-20/h3-13H,15H2,1-2H3,(H,27,30). The van der Waals surface area contributed by atoms with Crippen LogP contribution in [0, 0.1) is 25.2 Å². The number of nitriles is 1. The summed E-state index contributed by atoms with van der Waals surface area (Å²) in [4.78, 5) is 30.4. The van der Waals surface area contributed by atoms with Gasteiger partial charge in [0.15, 0.2) is 0 Å². The molecule has 0 saturated carbocycles. The van der Waals surface area contributed by atoms with Crippen LogP contribution in [0.1, 0.15) is 22.5 Å². The van der Waals surface area contributed by atoms with Gasteiger partial charge in [-0.25, -0.2) is 0 Å². The lowest BCUT2D eigenvalue weighted by Gasteiger charge is -2.11. The van der Waals surface area contributed by atoms with E-state index in [0.717, 1.165) is 11.1 Å². The number of aryl methyl sites for hydroxylation is 2. The summed E-state index contributed by atoms with van der Waals surface area (Å²) in [5.41, 5.74) is 1.51. The topological polar surface area (TPSA) is 110 Å². The SMILES string of the molecule is Cc1ccc(Oc2nc3c(C)cccn3c(=O)c2C=C(C#N)C(=O)NCc2ccco2)cc1. The monoisotopic (exact) mass is 440 g/mol. The molecule has 0 atom stereocenters. The number of hydrogen-bond acceptors (Lipinski definition) is 6. The van der Waals surface area contributed by atoms with Crippen molar-refractivity contribution < 1.29 is 13.9 Å². The van der Waals surface area contributed by atoms with Gasteiger partial charge in [-0.1, -0.05) is 23.8 Å². The molecule has 0 aliphatic heterocycles. The molecule has 0 aliphatic carbocycles. The van der Waals surface area contributed by atoms with E-state index in [1.165, 1.54) is 16.7 Å². The summed E-state index contributed by atoms with van der Waals surface area (Å²) >= 11 is 0. The van der Waals surface area contributed by atoms with E-state index in [1.807, 2.05) is 38.1 Å². The van der Waals surface area contributed by atoms with Crippen molar-refractivity contribution in [1.29, 1.82) is 5.26 Å². The minimum Gasteiger partial charge on any atom is -0.467 e. The fourth-order valence-electron chi connectivity index (χ4n) is 3.18. The number of nitrogens with zero attached hydrogens (tertiary/aromatic N) is 3. The summed E-state index contributed by atoms with van der Waals surface area (Å²) < 4.78 is 12.5. The molecular weight excluding hydrogens is 420 g/mol. The number of pyridine rings is 1. The second-order valence-corrected chi connectivity index (χ2v) is 7.37. The summed E-state index contributed by atoms with van der Waals surface area (Å²) in [7, 11) is 0. The van der Waals surface area contributed by atoms with E-state index in [4.69, 9.17) is 9.15 Å². The number of fused-ring (bicyclic) bond motifs is 1. The summed E-state index contributed by atoms with van der Waals surface area (Å²) in [6.07, 6.45) is 4.26. The Balaban J connectivity index is 1.79. The molecule has 8 heteroatoms. The zero-order chi connectivity index (χ0) is 23.4. The highest BCUT2D eigenvalue weighted by Gasteiger charge is 2.18. The Morgan fingerprint density at radius 1 is 1.21 bits per heavy atom. The van der Waals surface area contributed by atoms with E-state index in [2.05, 4.69) is 10.3 Å². The van der Waals surface area contributed by atoms with Gasteiger partial charge in [0.05, 0.1) is 12.8 Å². The number of nitrogens with one attached hydrogen (secondary N) is 1. The zero-order valence-corrected chi connectivity index (χ0v) is 18.0. The van der Waals surface area contributed by atoms with Crippen molar-refractivity contribution in [2.24, 2.45) is 0 Å². The zero-order valence-electron chi connectivity index (χ0n) is 18.0. The Hall–Kier alpha value is -4.64. The molecule has 0 unspecified atom stereocenters. The number of furan rings is 1. The van der Waals surface area contributed by atoms with Crippen LogP contribution in [0.25, 0.3) is 11.7 Å². The van der Waals surface area contributed by atoms with Crippen LogP contribution < -0.4 is 15.6 Å². The van der Waals surface area contributed by atoms with E-state index in [1.54, 1.807) is 36.5 Å². The molecule has 3 aromatic heterocycles. The van der Waals surface area contributed by atoms with Crippen LogP contribution in [0.15, 0.2) is 75.8 Å². The van der Waals surface area contributed by atoms with Crippen molar-refractivity contribution in [2.75, 3.05) is 0 Å². The number of ether oxygens (including phenoxy) is 1. The van der Waals surface area contributed by atoms with Crippen LogP contribution in [0.4, 0.5) is 0 Å². The van der Waals surface area contributed by atoms with Crippen molar-refractivity contribution in [3.8, 4) is 17.7 Å². The average Bonchev–Trinajstić information content (AvgIpc) is 3.33. The predicted octanol–water partition coefficient (Wildman–Crippen LogP) is 3.92. The molecule has 1 N–H and O–H groups in total. The van der Waals surface area contributed by atoms with Crippen LogP contribution in [0.3, 0.4) is 0 Å². The summed E-state index contributed by atoms with van der Waals surface area (Å²) in [5.74, 6) is 0.362. The van der Waals surface area contributed by atoms with E-state index < -0.39 is 11.5 Å². The number of carbonyl (C=O) groups excluding carboxylic acids is 1. The first kappa shape index (κ1) is 21.6. The van der Waals surface area contributed by atoms with E-state index >= 15 is 0 Å². The number of hydrogen-bond donors (Lipinski definition) is 1. The van der Waals surface area contributed by atoms with Gasteiger partial charge >= 0.3 is 0 Å². The normalized spacial score (nSPS) is 11.2. The Kier molecular flexibility index (Phi) is 6.04. The number of amides is 1. The van der Waals surface area contributed by atoms with E-state index in [-0.39, 0.29) is 23.6 Å². The molecule has 164 valence electrons. The Morgan fingerprint density at radius 3 is 2.70 bits per heavy atom. The van der Waals surface area contributed by atoms with Crippen molar-refractivity contribution >= 4 is 17.6 Å². The first-order valence-corrected chi connectivity index (χ1v) is 10.1. The maximum absolute atomic E-state index is 13.3. The first-order valence-electron chi connectivity index (χ1n) is 10.1. The largest absolute Gasteiger partial charge is 0.467 e. The highest BCUT2D eigenvalue weighted by atomic mass is 16.5. The molecule has 0 spiro atoms. The lowest BCUT2D eigenvalue weighted by molar-refractivity contribution is -0.117. The maximum Gasteiger partial charge on any atom is 0.269 e. The molecule has 0 radical (unpaired) electrons. The van der Waals surface area contributed by atoms with Crippen LogP contribution in [-0.4, -0.2) is 15.3 Å². The van der Waals surface area contributed by atoms with Crippen molar-refractivity contribution in [3.63, 3.8) is 0 Å². The highest BCUT2D eigenvalue weighted by molar-refractivity contribution is 6.01. The number of rotatable bonds is 6. The lowest BCUT2D eigenvalue weighted by Crippen LogP contribution is -2.25. The minimum absolute atomic E-state index is 0.00439.